The van der Waals surface area contributed by atoms with Gasteiger partial charge in [0.1, 0.15) is 23.1 Å². The molecule has 0 spiro atoms. The quantitative estimate of drug-likeness (QED) is 0.0995. The van der Waals surface area contributed by atoms with Gasteiger partial charge in [-0.3, -0.25) is 14.8 Å². The fraction of sp³-hybridized carbons (Fsp3) is 0.250. The second kappa shape index (κ2) is 22.9. The number of benzene rings is 4. The van der Waals surface area contributed by atoms with Crippen molar-refractivity contribution in [3.05, 3.63) is 165 Å². The maximum atomic E-state index is 15.4. The van der Waals surface area contributed by atoms with Crippen molar-refractivity contribution in [3.8, 4) is 33.8 Å². The summed E-state index contributed by atoms with van der Waals surface area (Å²) >= 11 is 17.8. The van der Waals surface area contributed by atoms with Crippen LogP contribution in [0.15, 0.2) is 109 Å². The molecule has 0 saturated carbocycles. The van der Waals surface area contributed by atoms with Crippen LogP contribution in [0.5, 0.6) is 11.5 Å². The number of ether oxygens (including phenoxy) is 2. The lowest BCUT2D eigenvalue weighted by atomic mass is 9.97. The number of amides is 3. The molecule has 0 radical (unpaired) electrons. The summed E-state index contributed by atoms with van der Waals surface area (Å²) in [6, 6.07) is 28.6. The number of halogens is 5. The molecule has 4 aromatic carbocycles. The highest BCUT2D eigenvalue weighted by molar-refractivity contribution is 6.31. The first-order valence-corrected chi connectivity index (χ1v) is 20.8. The van der Waals surface area contributed by atoms with Crippen LogP contribution in [-0.4, -0.2) is 66.5 Å². The van der Waals surface area contributed by atoms with Gasteiger partial charge in [-0.25, -0.2) is 13.6 Å². The second-order valence-corrected chi connectivity index (χ2v) is 15.4. The maximum Gasteiger partial charge on any atom is 0.317 e. The largest absolute Gasteiger partial charge is 0.496 e. The van der Waals surface area contributed by atoms with Crippen molar-refractivity contribution < 1.29 is 27.8 Å². The average Bonchev–Trinajstić information content (AvgIpc) is 3.67. The fourth-order valence-corrected chi connectivity index (χ4v) is 7.29. The molecule has 14 heteroatoms. The van der Waals surface area contributed by atoms with E-state index in [1.54, 1.807) is 90.1 Å². The van der Waals surface area contributed by atoms with E-state index < -0.39 is 0 Å². The van der Waals surface area contributed by atoms with Gasteiger partial charge in [0.05, 0.1) is 37.6 Å². The minimum absolute atomic E-state index is 0. The van der Waals surface area contributed by atoms with Crippen LogP contribution in [0.2, 0.25) is 10.0 Å². The molecular formula is C48H48Cl3F2N5O4. The summed E-state index contributed by atoms with van der Waals surface area (Å²) in [4.78, 5) is 33.9. The Morgan fingerprint density at radius 3 is 1.74 bits per heavy atom. The summed E-state index contributed by atoms with van der Waals surface area (Å²) in [7, 11) is 3.03. The van der Waals surface area contributed by atoms with Gasteiger partial charge in [0, 0.05) is 72.9 Å². The molecule has 9 nitrogen and oxygen atoms in total. The number of pyridine rings is 2. The zero-order valence-electron chi connectivity index (χ0n) is 33.6. The van der Waals surface area contributed by atoms with Crippen LogP contribution in [0, 0.1) is 11.6 Å². The Kier molecular flexibility index (Phi) is 17.5. The highest BCUT2D eigenvalue weighted by Gasteiger charge is 2.21. The Bertz CT molecular complexity index is 2460. The zero-order valence-corrected chi connectivity index (χ0v) is 35.9. The molecule has 62 heavy (non-hydrogen) atoms. The molecular weight excluding hydrogens is 855 g/mol. The normalized spacial score (nSPS) is 11.9. The number of hydrogen-bond acceptors (Lipinski definition) is 6. The topological polar surface area (TPSA) is 106 Å². The standard InChI is InChI=1S/C24H23Cl2FN2O2.C23H21ClFN3O2.CH4/c1-31-21-9-6-18(24(27)23(21)17-3-2-4-19(26)14-17)13-16-5-7-20(29-15-16)8-10-22(30)28-12-11-25;1-30-20-8-6-17(22(25)21(20)16-3-2-4-18(24)12-16)11-15-5-7-19(27-13-15)14-28-10-9-26-23(28)29;/h2-7,9,14-15H,8,10-13H2,1H3,(H,28,30);2-8,12-13H,9-11,14H2,1H3,(H,26,29);1H4. The van der Waals surface area contributed by atoms with E-state index >= 15 is 8.78 Å². The Hall–Kier alpha value is -5.75. The van der Waals surface area contributed by atoms with Gasteiger partial charge in [0.25, 0.3) is 0 Å². The van der Waals surface area contributed by atoms with Gasteiger partial charge in [0.15, 0.2) is 0 Å². The monoisotopic (exact) mass is 901 g/mol. The average molecular weight is 903 g/mol. The molecule has 1 fully saturated rings. The van der Waals surface area contributed by atoms with E-state index in [9.17, 15) is 9.59 Å². The predicted octanol–water partition coefficient (Wildman–Crippen LogP) is 10.7. The third-order valence-electron chi connectivity index (χ3n) is 9.92. The van der Waals surface area contributed by atoms with Crippen molar-refractivity contribution in [2.24, 2.45) is 0 Å². The fourth-order valence-electron chi connectivity index (χ4n) is 6.82. The molecule has 1 saturated heterocycles. The molecule has 1 aliphatic rings. The number of nitrogens with one attached hydrogen (secondary N) is 2. The summed E-state index contributed by atoms with van der Waals surface area (Å²) < 4.78 is 41.6. The van der Waals surface area contributed by atoms with E-state index in [-0.39, 0.29) is 31.0 Å². The van der Waals surface area contributed by atoms with Crippen molar-refractivity contribution >= 4 is 46.7 Å². The molecule has 7 rings (SSSR count). The van der Waals surface area contributed by atoms with E-state index in [0.29, 0.717) is 113 Å². The van der Waals surface area contributed by atoms with Crippen LogP contribution >= 0.6 is 34.8 Å². The molecule has 1 aliphatic heterocycles. The number of urea groups is 1. The molecule has 0 aliphatic carbocycles. The number of carbonyl (C=O) groups is 2. The van der Waals surface area contributed by atoms with E-state index in [1.807, 2.05) is 24.3 Å². The van der Waals surface area contributed by atoms with Gasteiger partial charge in [0.2, 0.25) is 5.91 Å². The van der Waals surface area contributed by atoms with Gasteiger partial charge in [-0.1, -0.05) is 79.2 Å². The van der Waals surface area contributed by atoms with E-state index in [2.05, 4.69) is 20.6 Å². The van der Waals surface area contributed by atoms with Crippen molar-refractivity contribution in [3.63, 3.8) is 0 Å². The lowest BCUT2D eigenvalue weighted by Crippen LogP contribution is -2.27. The van der Waals surface area contributed by atoms with Gasteiger partial charge < -0.3 is 25.0 Å². The number of carbonyl (C=O) groups excluding carboxylic acids is 2. The SMILES string of the molecule is C.COc1ccc(Cc2ccc(CCC(=O)NCCCl)nc2)c(F)c1-c1cccc(Cl)c1.COc1ccc(Cc2ccc(CN3CCNC3=O)nc2)c(F)c1-c1cccc(Cl)c1. The van der Waals surface area contributed by atoms with Crippen molar-refractivity contribution in [2.75, 3.05) is 39.7 Å². The van der Waals surface area contributed by atoms with Crippen molar-refractivity contribution in [2.45, 2.75) is 39.7 Å². The number of aryl methyl sites for hydroxylation is 1. The van der Waals surface area contributed by atoms with Crippen molar-refractivity contribution in [1.29, 1.82) is 0 Å². The first-order chi connectivity index (χ1) is 29.6. The highest BCUT2D eigenvalue weighted by Crippen LogP contribution is 2.37. The third-order valence-corrected chi connectivity index (χ3v) is 10.6. The van der Waals surface area contributed by atoms with Crippen LogP contribution in [0.4, 0.5) is 13.6 Å². The zero-order chi connectivity index (χ0) is 43.3. The Labute approximate surface area is 376 Å². The number of methoxy groups -OCH3 is 2. The minimum atomic E-state index is -0.346. The van der Waals surface area contributed by atoms with Crippen LogP contribution < -0.4 is 20.1 Å². The lowest BCUT2D eigenvalue weighted by Gasteiger charge is -2.15. The first-order valence-electron chi connectivity index (χ1n) is 19.5. The molecule has 3 amide bonds. The van der Waals surface area contributed by atoms with Crippen LogP contribution in [-0.2, 0) is 30.6 Å². The van der Waals surface area contributed by atoms with E-state index in [0.717, 1.165) is 22.5 Å². The predicted molar refractivity (Wildman–Crippen MR) is 243 cm³/mol. The molecule has 6 aromatic rings. The number of hydrogen-bond donors (Lipinski definition) is 2. The van der Waals surface area contributed by atoms with E-state index in [4.69, 9.17) is 44.3 Å². The number of nitrogens with zero attached hydrogens (tertiary/aromatic N) is 3. The van der Waals surface area contributed by atoms with E-state index in [1.165, 1.54) is 14.2 Å². The molecule has 0 unspecified atom stereocenters. The van der Waals surface area contributed by atoms with Gasteiger partial charge in [-0.05, 0) is 88.3 Å². The van der Waals surface area contributed by atoms with Gasteiger partial charge >= 0.3 is 6.03 Å². The van der Waals surface area contributed by atoms with Crippen LogP contribution in [0.25, 0.3) is 22.3 Å². The summed E-state index contributed by atoms with van der Waals surface area (Å²) in [5, 5.41) is 6.56. The lowest BCUT2D eigenvalue weighted by molar-refractivity contribution is -0.120. The number of rotatable bonds is 15. The maximum absolute atomic E-state index is 15.4. The van der Waals surface area contributed by atoms with Crippen LogP contribution in [0.1, 0.15) is 47.5 Å². The Balaban J connectivity index is 0.000000231. The molecule has 3 heterocycles. The molecule has 0 bridgehead atoms. The summed E-state index contributed by atoms with van der Waals surface area (Å²) in [5.74, 6) is 0.552. The molecule has 324 valence electrons. The summed E-state index contributed by atoms with van der Waals surface area (Å²) in [5.41, 5.74) is 6.52. The molecule has 2 N–H and O–H groups in total. The summed E-state index contributed by atoms with van der Waals surface area (Å²) in [6.07, 6.45) is 5.10. The summed E-state index contributed by atoms with van der Waals surface area (Å²) in [6.45, 7) is 2.24. The van der Waals surface area contributed by atoms with Crippen molar-refractivity contribution in [1.82, 2.24) is 25.5 Å². The third kappa shape index (κ3) is 12.4. The molecule has 2 aromatic heterocycles. The Morgan fingerprint density at radius 2 is 1.31 bits per heavy atom. The highest BCUT2D eigenvalue weighted by atomic mass is 35.5. The molecule has 0 atom stereocenters. The minimum Gasteiger partial charge on any atom is -0.496 e. The van der Waals surface area contributed by atoms with Crippen LogP contribution in [0.3, 0.4) is 0 Å². The van der Waals surface area contributed by atoms with Gasteiger partial charge in [-0.2, -0.15) is 0 Å². The smallest absolute Gasteiger partial charge is 0.317 e. The van der Waals surface area contributed by atoms with Gasteiger partial charge in [-0.15, -0.1) is 11.6 Å². The first kappa shape index (κ1) is 47.3. The Morgan fingerprint density at radius 1 is 0.774 bits per heavy atom. The number of aromatic nitrogens is 2. The second-order valence-electron chi connectivity index (χ2n) is 14.1. The number of alkyl halides is 1.